The molecule has 1 aromatic carbocycles. The number of aromatic nitrogens is 2. The molecule has 0 spiro atoms. The number of nitrogens with one attached hydrogen (secondary N) is 2. The van der Waals surface area contributed by atoms with Gasteiger partial charge in [0.25, 0.3) is 5.91 Å². The van der Waals surface area contributed by atoms with Crippen molar-refractivity contribution in [1.82, 2.24) is 9.97 Å². The van der Waals surface area contributed by atoms with Crippen LogP contribution in [0.2, 0.25) is 5.02 Å². The number of anilines is 1. The number of halogens is 1. The largest absolute Gasteiger partial charge is 0.495 e. The lowest BCUT2D eigenvalue weighted by molar-refractivity contribution is 0.102. The van der Waals surface area contributed by atoms with Gasteiger partial charge in [-0.2, -0.15) is 0 Å². The molecule has 0 fully saturated rings. The molecule has 1 heterocycles. The van der Waals surface area contributed by atoms with Gasteiger partial charge >= 0.3 is 0 Å². The number of nitrogens with zero attached hydrogens (tertiary/aromatic N) is 1. The van der Waals surface area contributed by atoms with Gasteiger partial charge in [0.15, 0.2) is 0 Å². The van der Waals surface area contributed by atoms with Gasteiger partial charge in [0.05, 0.1) is 18.3 Å². The van der Waals surface area contributed by atoms with Crippen molar-refractivity contribution < 1.29 is 9.53 Å². The number of imidazole rings is 1. The van der Waals surface area contributed by atoms with E-state index < -0.39 is 0 Å². The second-order valence-corrected chi connectivity index (χ2v) is 4.09. The van der Waals surface area contributed by atoms with Crippen molar-refractivity contribution >= 4 is 23.2 Å². The Morgan fingerprint density at radius 3 is 2.83 bits per heavy atom. The molecule has 2 N–H and O–H groups in total. The summed E-state index contributed by atoms with van der Waals surface area (Å²) in [6.45, 7) is 1.78. The van der Waals surface area contributed by atoms with Crippen LogP contribution in [0.15, 0.2) is 24.4 Å². The van der Waals surface area contributed by atoms with E-state index in [1.807, 2.05) is 0 Å². The molecule has 6 heteroatoms. The second kappa shape index (κ2) is 5.10. The van der Waals surface area contributed by atoms with Crippen LogP contribution in [0.1, 0.15) is 16.3 Å². The third kappa shape index (κ3) is 2.62. The normalized spacial score (nSPS) is 10.2. The van der Waals surface area contributed by atoms with Crippen molar-refractivity contribution in [2.75, 3.05) is 12.4 Å². The molecule has 5 nitrogen and oxygen atoms in total. The van der Waals surface area contributed by atoms with Crippen molar-refractivity contribution in [1.29, 1.82) is 0 Å². The van der Waals surface area contributed by atoms with E-state index >= 15 is 0 Å². The molecule has 0 aliphatic rings. The zero-order valence-electron chi connectivity index (χ0n) is 9.95. The Balaban J connectivity index is 2.14. The highest BCUT2D eigenvalue weighted by atomic mass is 35.5. The Morgan fingerprint density at radius 2 is 2.28 bits per heavy atom. The maximum atomic E-state index is 11.8. The summed E-state index contributed by atoms with van der Waals surface area (Å²) in [4.78, 5) is 18.7. The maximum Gasteiger partial charge on any atom is 0.273 e. The van der Waals surface area contributed by atoms with E-state index in [0.717, 1.165) is 0 Å². The van der Waals surface area contributed by atoms with E-state index in [1.165, 1.54) is 13.3 Å². The molecule has 1 amide bonds. The first-order chi connectivity index (χ1) is 8.60. The fourth-order valence-corrected chi connectivity index (χ4v) is 1.74. The Hall–Kier alpha value is -2.01. The first-order valence-corrected chi connectivity index (χ1v) is 5.64. The van der Waals surface area contributed by atoms with Crippen LogP contribution < -0.4 is 10.1 Å². The van der Waals surface area contributed by atoms with Crippen molar-refractivity contribution in [3.8, 4) is 5.75 Å². The predicted octanol–water partition coefficient (Wildman–Crippen LogP) is 2.63. The van der Waals surface area contributed by atoms with Crippen molar-refractivity contribution in [2.24, 2.45) is 0 Å². The minimum absolute atomic E-state index is 0.267. The van der Waals surface area contributed by atoms with E-state index in [2.05, 4.69) is 15.3 Å². The number of benzene rings is 1. The summed E-state index contributed by atoms with van der Waals surface area (Å²) in [6, 6.07) is 5.03. The number of H-pyrrole nitrogens is 1. The molecule has 2 rings (SSSR count). The van der Waals surface area contributed by atoms with Gasteiger partial charge in [0.1, 0.15) is 17.3 Å². The van der Waals surface area contributed by atoms with Gasteiger partial charge in [0.2, 0.25) is 0 Å². The lowest BCUT2D eigenvalue weighted by Crippen LogP contribution is -2.12. The fourth-order valence-electron chi connectivity index (χ4n) is 1.48. The smallest absolute Gasteiger partial charge is 0.273 e. The van der Waals surface area contributed by atoms with Crippen molar-refractivity contribution in [2.45, 2.75) is 6.92 Å². The molecule has 0 saturated carbocycles. The van der Waals surface area contributed by atoms with Crippen LogP contribution in [0, 0.1) is 6.92 Å². The number of carbonyl (C=O) groups excluding carboxylic acids is 1. The highest BCUT2D eigenvalue weighted by Crippen LogP contribution is 2.27. The lowest BCUT2D eigenvalue weighted by atomic mass is 10.3. The van der Waals surface area contributed by atoms with Crippen LogP contribution >= 0.6 is 11.6 Å². The molecule has 0 bridgehead atoms. The van der Waals surface area contributed by atoms with Gasteiger partial charge in [0, 0.05) is 5.69 Å². The number of methoxy groups -OCH3 is 1. The van der Waals surface area contributed by atoms with Gasteiger partial charge in [-0.3, -0.25) is 4.79 Å². The van der Waals surface area contributed by atoms with Crippen LogP contribution in [-0.2, 0) is 0 Å². The van der Waals surface area contributed by atoms with Gasteiger partial charge < -0.3 is 15.0 Å². The Bertz CT molecular complexity index is 580. The molecule has 0 unspecified atom stereocenters. The van der Waals surface area contributed by atoms with Crippen LogP contribution in [0.25, 0.3) is 0 Å². The van der Waals surface area contributed by atoms with E-state index in [4.69, 9.17) is 16.3 Å². The first-order valence-electron chi connectivity index (χ1n) is 5.26. The number of hydrogen-bond acceptors (Lipinski definition) is 3. The Kier molecular flexibility index (Phi) is 3.53. The number of aromatic amines is 1. The summed E-state index contributed by atoms with van der Waals surface area (Å²) < 4.78 is 5.03. The number of rotatable bonds is 3. The molecule has 0 atom stereocenters. The summed E-state index contributed by atoms with van der Waals surface area (Å²) >= 11 is 5.97. The third-order valence-electron chi connectivity index (χ3n) is 2.36. The molecular formula is C12H12ClN3O2. The molecule has 1 aromatic heterocycles. The minimum atomic E-state index is -0.267. The van der Waals surface area contributed by atoms with Crippen LogP contribution in [0.3, 0.4) is 0 Å². The minimum Gasteiger partial charge on any atom is -0.495 e. The standard InChI is InChI=1S/C12H12ClN3O2/c1-7-14-6-10(15-7)12(17)16-8-3-4-11(18-2)9(13)5-8/h3-6H,1-2H3,(H,14,15)(H,16,17). The number of amides is 1. The SMILES string of the molecule is COc1ccc(NC(=O)c2cnc(C)[nH]2)cc1Cl. The van der Waals surface area contributed by atoms with E-state index in [1.54, 1.807) is 25.1 Å². The molecule has 0 aliphatic carbocycles. The molecule has 18 heavy (non-hydrogen) atoms. The molecule has 94 valence electrons. The molecule has 0 aliphatic heterocycles. The average molecular weight is 266 g/mol. The van der Waals surface area contributed by atoms with E-state index in [9.17, 15) is 4.79 Å². The zero-order chi connectivity index (χ0) is 13.1. The molecular weight excluding hydrogens is 254 g/mol. The van der Waals surface area contributed by atoms with E-state index in [0.29, 0.717) is 28.0 Å². The summed E-state index contributed by atoms with van der Waals surface area (Å²) in [6.07, 6.45) is 1.48. The van der Waals surface area contributed by atoms with Crippen LogP contribution in [-0.4, -0.2) is 23.0 Å². The molecule has 2 aromatic rings. The summed E-state index contributed by atoms with van der Waals surface area (Å²) in [7, 11) is 1.53. The van der Waals surface area contributed by atoms with Crippen LogP contribution in [0.5, 0.6) is 5.75 Å². The highest BCUT2D eigenvalue weighted by molar-refractivity contribution is 6.32. The van der Waals surface area contributed by atoms with Gasteiger partial charge in [-0.05, 0) is 25.1 Å². The van der Waals surface area contributed by atoms with Crippen molar-refractivity contribution in [3.63, 3.8) is 0 Å². The van der Waals surface area contributed by atoms with E-state index in [-0.39, 0.29) is 5.91 Å². The Morgan fingerprint density at radius 1 is 1.50 bits per heavy atom. The maximum absolute atomic E-state index is 11.8. The quantitative estimate of drug-likeness (QED) is 0.896. The zero-order valence-corrected chi connectivity index (χ0v) is 10.7. The Labute approximate surface area is 109 Å². The fraction of sp³-hybridized carbons (Fsp3) is 0.167. The van der Waals surface area contributed by atoms with Crippen molar-refractivity contribution in [3.05, 3.63) is 40.9 Å². The monoisotopic (exact) mass is 265 g/mol. The average Bonchev–Trinajstić information content (AvgIpc) is 2.76. The lowest BCUT2D eigenvalue weighted by Gasteiger charge is -2.07. The van der Waals surface area contributed by atoms with Gasteiger partial charge in [-0.15, -0.1) is 0 Å². The number of ether oxygens (including phenoxy) is 1. The second-order valence-electron chi connectivity index (χ2n) is 3.69. The highest BCUT2D eigenvalue weighted by Gasteiger charge is 2.09. The topological polar surface area (TPSA) is 67.0 Å². The number of hydrogen-bond donors (Lipinski definition) is 2. The number of carbonyl (C=O) groups is 1. The molecule has 0 saturated heterocycles. The summed E-state index contributed by atoms with van der Waals surface area (Å²) in [5.41, 5.74) is 0.998. The number of aryl methyl sites for hydroxylation is 1. The molecule has 0 radical (unpaired) electrons. The predicted molar refractivity (Wildman–Crippen MR) is 69.3 cm³/mol. The first kappa shape index (κ1) is 12.4. The van der Waals surface area contributed by atoms with Gasteiger partial charge in [-0.1, -0.05) is 11.6 Å². The summed E-state index contributed by atoms with van der Waals surface area (Å²) in [5.74, 6) is 0.983. The van der Waals surface area contributed by atoms with Gasteiger partial charge in [-0.25, -0.2) is 4.98 Å². The summed E-state index contributed by atoms with van der Waals surface area (Å²) in [5, 5.41) is 3.15. The third-order valence-corrected chi connectivity index (χ3v) is 2.65. The van der Waals surface area contributed by atoms with Crippen LogP contribution in [0.4, 0.5) is 5.69 Å².